The van der Waals surface area contributed by atoms with Crippen LogP contribution in [0.1, 0.15) is 26.2 Å². The van der Waals surface area contributed by atoms with Crippen molar-refractivity contribution < 1.29 is 4.74 Å². The molecule has 1 aliphatic heterocycles. The number of hydrogen-bond donors (Lipinski definition) is 0. The molecule has 2 atom stereocenters. The van der Waals surface area contributed by atoms with Crippen molar-refractivity contribution in [2.45, 2.75) is 43.2 Å². The summed E-state index contributed by atoms with van der Waals surface area (Å²) in [5, 5.41) is 0. The summed E-state index contributed by atoms with van der Waals surface area (Å²) < 4.78 is 5.50. The summed E-state index contributed by atoms with van der Waals surface area (Å²) in [6.45, 7) is 2.08. The standard InChI is InChI=1S/C7H12Cl2O/c1-5-2-3-6(10-5)4-7(8)9/h5-7H,2-4H2,1H3/t5-,6+/m0/s1. The van der Waals surface area contributed by atoms with Crippen LogP contribution in [0, 0.1) is 0 Å². The molecule has 3 heteroatoms. The van der Waals surface area contributed by atoms with E-state index in [-0.39, 0.29) is 4.84 Å². The van der Waals surface area contributed by atoms with Crippen LogP contribution in [0.5, 0.6) is 0 Å². The van der Waals surface area contributed by atoms with Crippen LogP contribution in [0.25, 0.3) is 0 Å². The molecule has 0 N–H and O–H groups in total. The van der Waals surface area contributed by atoms with Crippen molar-refractivity contribution in [2.24, 2.45) is 0 Å². The second-order valence-electron chi connectivity index (χ2n) is 2.77. The molecule has 0 spiro atoms. The van der Waals surface area contributed by atoms with E-state index in [9.17, 15) is 0 Å². The Bertz CT molecular complexity index is 106. The molecule has 0 aromatic heterocycles. The van der Waals surface area contributed by atoms with Gasteiger partial charge in [-0.2, -0.15) is 0 Å². The molecule has 1 nitrogen and oxygen atoms in total. The number of ether oxygens (including phenoxy) is 1. The van der Waals surface area contributed by atoms with Crippen molar-refractivity contribution in [1.29, 1.82) is 0 Å². The van der Waals surface area contributed by atoms with Gasteiger partial charge in [-0.1, -0.05) is 0 Å². The molecule has 0 bridgehead atoms. The topological polar surface area (TPSA) is 9.23 Å². The lowest BCUT2D eigenvalue weighted by molar-refractivity contribution is 0.0532. The molecule has 1 fully saturated rings. The molecular weight excluding hydrogens is 171 g/mol. The van der Waals surface area contributed by atoms with E-state index >= 15 is 0 Å². The summed E-state index contributed by atoms with van der Waals surface area (Å²) in [5.41, 5.74) is 0. The van der Waals surface area contributed by atoms with E-state index < -0.39 is 0 Å². The van der Waals surface area contributed by atoms with Gasteiger partial charge in [0.15, 0.2) is 0 Å². The van der Waals surface area contributed by atoms with Gasteiger partial charge in [-0.25, -0.2) is 0 Å². The quantitative estimate of drug-likeness (QED) is 0.598. The van der Waals surface area contributed by atoms with Crippen LogP contribution in [0.3, 0.4) is 0 Å². The Balaban J connectivity index is 2.18. The monoisotopic (exact) mass is 182 g/mol. The highest BCUT2D eigenvalue weighted by Crippen LogP contribution is 2.25. The van der Waals surface area contributed by atoms with Crippen molar-refractivity contribution in [3.05, 3.63) is 0 Å². The molecule has 10 heavy (non-hydrogen) atoms. The van der Waals surface area contributed by atoms with Gasteiger partial charge >= 0.3 is 0 Å². The first kappa shape index (κ1) is 8.63. The van der Waals surface area contributed by atoms with Crippen molar-refractivity contribution in [1.82, 2.24) is 0 Å². The van der Waals surface area contributed by atoms with Crippen LogP contribution in [-0.2, 0) is 4.74 Å². The first-order valence-electron chi connectivity index (χ1n) is 3.62. The van der Waals surface area contributed by atoms with Crippen LogP contribution < -0.4 is 0 Å². The Morgan fingerprint density at radius 1 is 1.50 bits per heavy atom. The highest BCUT2D eigenvalue weighted by molar-refractivity contribution is 6.44. The third-order valence-corrected chi connectivity index (χ3v) is 2.12. The Morgan fingerprint density at radius 3 is 2.60 bits per heavy atom. The second kappa shape index (κ2) is 3.80. The Labute approximate surface area is 71.6 Å². The molecule has 0 aliphatic carbocycles. The molecule has 0 amide bonds. The van der Waals surface area contributed by atoms with Crippen LogP contribution in [0.2, 0.25) is 0 Å². The summed E-state index contributed by atoms with van der Waals surface area (Å²) in [7, 11) is 0. The third kappa shape index (κ3) is 2.65. The van der Waals surface area contributed by atoms with E-state index in [0.717, 1.165) is 19.3 Å². The van der Waals surface area contributed by atoms with Gasteiger partial charge in [0.05, 0.1) is 12.2 Å². The summed E-state index contributed by atoms with van der Waals surface area (Å²) in [4.78, 5) is -0.268. The fourth-order valence-electron chi connectivity index (χ4n) is 1.26. The molecule has 0 unspecified atom stereocenters. The zero-order chi connectivity index (χ0) is 7.56. The average molecular weight is 183 g/mol. The van der Waals surface area contributed by atoms with Crippen LogP contribution >= 0.6 is 23.2 Å². The van der Waals surface area contributed by atoms with Crippen molar-refractivity contribution in [3.8, 4) is 0 Å². The zero-order valence-electron chi connectivity index (χ0n) is 6.02. The van der Waals surface area contributed by atoms with Crippen LogP contribution in [0.15, 0.2) is 0 Å². The third-order valence-electron chi connectivity index (χ3n) is 1.76. The van der Waals surface area contributed by atoms with E-state index in [1.807, 2.05) is 0 Å². The van der Waals surface area contributed by atoms with Crippen molar-refractivity contribution in [2.75, 3.05) is 0 Å². The molecule has 0 saturated carbocycles. The summed E-state index contributed by atoms with van der Waals surface area (Å²) in [6, 6.07) is 0. The second-order valence-corrected chi connectivity index (χ2v) is 4.05. The molecule has 1 saturated heterocycles. The van der Waals surface area contributed by atoms with Gasteiger partial charge in [-0.3, -0.25) is 0 Å². The highest BCUT2D eigenvalue weighted by Gasteiger charge is 2.23. The van der Waals surface area contributed by atoms with E-state index in [2.05, 4.69) is 6.92 Å². The molecule has 1 aliphatic rings. The lowest BCUT2D eigenvalue weighted by Gasteiger charge is -2.10. The van der Waals surface area contributed by atoms with Crippen molar-refractivity contribution >= 4 is 23.2 Å². The van der Waals surface area contributed by atoms with Gasteiger partial charge in [0.2, 0.25) is 0 Å². The first-order chi connectivity index (χ1) is 4.68. The minimum absolute atomic E-state index is 0.268. The highest BCUT2D eigenvalue weighted by atomic mass is 35.5. The average Bonchev–Trinajstić information content (AvgIpc) is 2.13. The maximum Gasteiger partial charge on any atom is 0.110 e. The van der Waals surface area contributed by atoms with E-state index in [1.54, 1.807) is 0 Å². The Morgan fingerprint density at radius 2 is 2.20 bits per heavy atom. The summed E-state index contributed by atoms with van der Waals surface area (Å²) in [6.07, 6.45) is 3.72. The van der Waals surface area contributed by atoms with Gasteiger partial charge in [0, 0.05) is 6.42 Å². The number of alkyl halides is 2. The normalized spacial score (nSPS) is 33.6. The fourth-order valence-corrected chi connectivity index (χ4v) is 1.65. The molecular formula is C7H12Cl2O. The lowest BCUT2D eigenvalue weighted by atomic mass is 10.2. The Hall–Kier alpha value is 0.540. The number of halogens is 2. The van der Waals surface area contributed by atoms with Crippen LogP contribution in [0.4, 0.5) is 0 Å². The van der Waals surface area contributed by atoms with E-state index in [1.165, 1.54) is 0 Å². The Kier molecular flexibility index (Phi) is 3.28. The van der Waals surface area contributed by atoms with Crippen LogP contribution in [-0.4, -0.2) is 17.0 Å². The molecule has 0 aromatic carbocycles. The summed E-state index contributed by atoms with van der Waals surface area (Å²) in [5.74, 6) is 0. The number of rotatable bonds is 2. The molecule has 1 heterocycles. The van der Waals surface area contributed by atoms with E-state index in [4.69, 9.17) is 27.9 Å². The maximum absolute atomic E-state index is 5.59. The maximum atomic E-state index is 5.59. The minimum atomic E-state index is -0.268. The van der Waals surface area contributed by atoms with E-state index in [0.29, 0.717) is 12.2 Å². The van der Waals surface area contributed by atoms with Crippen molar-refractivity contribution in [3.63, 3.8) is 0 Å². The predicted molar refractivity (Wildman–Crippen MR) is 43.7 cm³/mol. The molecule has 1 rings (SSSR count). The summed E-state index contributed by atoms with van der Waals surface area (Å²) >= 11 is 11.2. The first-order valence-corrected chi connectivity index (χ1v) is 4.49. The van der Waals surface area contributed by atoms with Gasteiger partial charge in [-0.15, -0.1) is 23.2 Å². The molecule has 60 valence electrons. The van der Waals surface area contributed by atoms with Gasteiger partial charge in [0.25, 0.3) is 0 Å². The smallest absolute Gasteiger partial charge is 0.110 e. The largest absolute Gasteiger partial charge is 0.375 e. The lowest BCUT2D eigenvalue weighted by Crippen LogP contribution is -2.10. The van der Waals surface area contributed by atoms with Gasteiger partial charge < -0.3 is 4.74 Å². The molecule has 0 radical (unpaired) electrons. The fraction of sp³-hybridized carbons (Fsp3) is 1.00. The molecule has 0 aromatic rings. The van der Waals surface area contributed by atoms with Gasteiger partial charge in [-0.05, 0) is 19.8 Å². The number of hydrogen-bond acceptors (Lipinski definition) is 1. The minimum Gasteiger partial charge on any atom is -0.375 e. The zero-order valence-corrected chi connectivity index (χ0v) is 7.53. The SMILES string of the molecule is C[C@H]1CC[C@H](CC(Cl)Cl)O1. The predicted octanol–water partition coefficient (Wildman–Crippen LogP) is 2.75. The van der Waals surface area contributed by atoms with Gasteiger partial charge in [0.1, 0.15) is 4.84 Å².